The number of rotatable bonds is 5. The lowest BCUT2D eigenvalue weighted by molar-refractivity contribution is 1.22. The Morgan fingerprint density at radius 3 is 1.06 bits per heavy atom. The predicted octanol–water partition coefficient (Wildman–Crippen LogP) is 9.09. The van der Waals surface area contributed by atoms with E-state index in [1.165, 1.54) is 11.1 Å². The third kappa shape index (κ3) is 4.90. The van der Waals surface area contributed by atoms with Crippen molar-refractivity contribution in [3.8, 4) is 11.1 Å². The van der Waals surface area contributed by atoms with Crippen LogP contribution in [0.1, 0.15) is 16.8 Å². The highest BCUT2D eigenvalue weighted by atomic mass is 31.1. The van der Waals surface area contributed by atoms with Crippen molar-refractivity contribution in [3.05, 3.63) is 59.7 Å². The van der Waals surface area contributed by atoms with E-state index in [0.717, 1.165) is 0 Å². The van der Waals surface area contributed by atoms with Gasteiger partial charge >= 0.3 is 0 Å². The van der Waals surface area contributed by atoms with Crippen LogP contribution >= 0.6 is 7.17 Å². The summed E-state index contributed by atoms with van der Waals surface area (Å²) in [6, 6.07) is 18.8. The smallest absolute Gasteiger partial charge is 0.0727 e. The molecule has 2 aromatic carbocycles. The molecule has 0 unspecified atom stereocenters. The lowest BCUT2D eigenvalue weighted by Crippen LogP contribution is -2.53. The Bertz CT molecular complexity index is 992. The second-order valence-electron chi connectivity index (χ2n) is 13.6. The molecule has 0 bridgehead atoms. The van der Waals surface area contributed by atoms with Crippen LogP contribution in [0.15, 0.2) is 48.5 Å². The van der Waals surface area contributed by atoms with Gasteiger partial charge in [0.1, 0.15) is 0 Å². The molecule has 0 N–H and O–H groups in total. The maximum atomic E-state index is 2.65. The minimum Gasteiger partial charge on any atom is -0.130 e. The van der Waals surface area contributed by atoms with Crippen LogP contribution in [0.5, 0.6) is 0 Å². The van der Waals surface area contributed by atoms with Gasteiger partial charge in [0.15, 0.2) is 0 Å². The zero-order valence-electron chi connectivity index (χ0n) is 22.6. The Kier molecular flexibility index (Phi) is 6.92. The van der Waals surface area contributed by atoms with Gasteiger partial charge in [-0.15, -0.1) is 7.17 Å². The molecule has 2 aromatic rings. The van der Waals surface area contributed by atoms with Crippen LogP contribution in [-0.4, -0.2) is 41.4 Å². The van der Waals surface area contributed by atoms with Crippen molar-refractivity contribution >= 4 is 48.5 Å². The van der Waals surface area contributed by atoms with Crippen molar-refractivity contribution in [2.24, 2.45) is 0 Å². The van der Waals surface area contributed by atoms with Crippen LogP contribution < -0.4 is 0 Å². The Labute approximate surface area is 202 Å². The fourth-order valence-corrected chi connectivity index (χ4v) is 42.0. The molecule has 0 saturated carbocycles. The predicted molar refractivity (Wildman–Crippen MR) is 164 cm³/mol. The van der Waals surface area contributed by atoms with E-state index in [2.05, 4.69) is 136 Å². The quantitative estimate of drug-likeness (QED) is 0.277. The molecular formula is C27H45PSi4. The summed E-state index contributed by atoms with van der Waals surface area (Å²) in [5, 5.41) is 0. The van der Waals surface area contributed by atoms with Crippen molar-refractivity contribution < 1.29 is 0 Å². The van der Waals surface area contributed by atoms with E-state index in [0.29, 0.717) is 5.66 Å². The van der Waals surface area contributed by atoms with Crippen LogP contribution in [0.25, 0.3) is 11.1 Å². The van der Waals surface area contributed by atoms with Crippen molar-refractivity contribution in [1.29, 1.82) is 0 Å². The van der Waals surface area contributed by atoms with Gasteiger partial charge in [-0.2, -0.15) is 0 Å². The Hall–Kier alpha value is -0.652. The van der Waals surface area contributed by atoms with E-state index in [9.17, 15) is 0 Å². The summed E-state index contributed by atoms with van der Waals surface area (Å²) in [6.45, 7) is 31.8. The minimum atomic E-state index is -1.48. The first-order chi connectivity index (χ1) is 14.5. The van der Waals surface area contributed by atoms with Crippen LogP contribution in [-0.2, 0) is 0 Å². The zero-order valence-corrected chi connectivity index (χ0v) is 27.5. The number of hydrogen-bond donors (Lipinski definition) is 0. The molecule has 0 fully saturated rings. The minimum absolute atomic E-state index is 0.334. The van der Waals surface area contributed by atoms with Crippen LogP contribution in [0.3, 0.4) is 0 Å². The molecule has 0 spiro atoms. The van der Waals surface area contributed by atoms with Gasteiger partial charge in [-0.25, -0.2) is 0 Å². The number of hydrogen-bond acceptors (Lipinski definition) is 0. The highest BCUT2D eigenvalue weighted by molar-refractivity contribution is 7.82. The molecule has 1 aliphatic rings. The molecule has 0 nitrogen and oxygen atoms in total. The Balaban J connectivity index is 2.69. The maximum Gasteiger partial charge on any atom is 0.0727 e. The summed E-state index contributed by atoms with van der Waals surface area (Å²) >= 11 is 0. The average molecular weight is 513 g/mol. The molecule has 0 radical (unpaired) electrons. The van der Waals surface area contributed by atoms with Crippen molar-refractivity contribution in [2.75, 3.05) is 0 Å². The highest BCUT2D eigenvalue weighted by Crippen LogP contribution is 2.56. The fourth-order valence-electron chi connectivity index (χ4n) is 6.47. The molecule has 5 heteroatoms. The molecule has 0 amide bonds. The number of benzene rings is 2. The largest absolute Gasteiger partial charge is 0.130 e. The molecule has 32 heavy (non-hydrogen) atoms. The molecule has 0 aliphatic heterocycles. The van der Waals surface area contributed by atoms with Crippen molar-refractivity contribution in [3.63, 3.8) is 0 Å². The third-order valence-electron chi connectivity index (χ3n) is 6.38. The summed E-state index contributed by atoms with van der Waals surface area (Å²) in [5.74, 6) is 0. The van der Waals surface area contributed by atoms with Gasteiger partial charge < -0.3 is 0 Å². The standard InChI is InChI=1S/C27H45PSi4/c1-29(2,3)26(30(4,5)6)28(27(31(7,8)9)32(10,11)12)25-23-19-15-13-17-21(23)22-18-14-16-20-24(22)25/h13-20,25H,1-12H3. The molecule has 0 heterocycles. The Morgan fingerprint density at radius 1 is 0.500 bits per heavy atom. The second kappa shape index (κ2) is 8.53. The van der Waals surface area contributed by atoms with E-state index in [-0.39, 0.29) is 7.17 Å². The van der Waals surface area contributed by atoms with Gasteiger partial charge in [-0.1, -0.05) is 136 Å². The third-order valence-corrected chi connectivity index (χ3v) is 34.0. The van der Waals surface area contributed by atoms with E-state index in [1.807, 2.05) is 0 Å². The highest BCUT2D eigenvalue weighted by Gasteiger charge is 2.42. The van der Waals surface area contributed by atoms with Gasteiger partial charge in [0.05, 0.1) is 32.3 Å². The lowest BCUT2D eigenvalue weighted by atomic mass is 10.1. The molecule has 0 aromatic heterocycles. The summed E-state index contributed by atoms with van der Waals surface area (Å²) in [7, 11) is -6.27. The summed E-state index contributed by atoms with van der Waals surface area (Å²) < 4.78 is 4.16. The van der Waals surface area contributed by atoms with Gasteiger partial charge in [0, 0.05) is 5.66 Å². The van der Waals surface area contributed by atoms with Gasteiger partial charge in [0.2, 0.25) is 0 Å². The van der Waals surface area contributed by atoms with E-state index >= 15 is 0 Å². The maximum absolute atomic E-state index is 2.65. The van der Waals surface area contributed by atoms with Gasteiger partial charge in [-0.05, 0) is 22.3 Å². The van der Waals surface area contributed by atoms with E-state index in [1.54, 1.807) is 11.1 Å². The first kappa shape index (κ1) is 26.0. The molecular weight excluding hydrogens is 468 g/mol. The average Bonchev–Trinajstić information content (AvgIpc) is 2.90. The normalized spacial score (nSPS) is 14.8. The van der Waals surface area contributed by atoms with Gasteiger partial charge in [-0.3, -0.25) is 0 Å². The second-order valence-corrected chi connectivity index (χ2v) is 38.5. The van der Waals surface area contributed by atoms with Crippen molar-refractivity contribution in [2.45, 2.75) is 84.2 Å². The summed E-state index contributed by atoms with van der Waals surface area (Å²) in [5.41, 5.74) is 6.78. The lowest BCUT2D eigenvalue weighted by Gasteiger charge is -2.40. The number of fused-ring (bicyclic) bond motifs is 3. The molecule has 0 atom stereocenters. The first-order valence-electron chi connectivity index (χ1n) is 12.2. The van der Waals surface area contributed by atoms with Crippen LogP contribution in [0.2, 0.25) is 78.6 Å². The zero-order chi connectivity index (χ0) is 24.3. The monoisotopic (exact) mass is 512 g/mol. The van der Waals surface area contributed by atoms with E-state index < -0.39 is 32.3 Å². The molecule has 3 rings (SSSR count). The van der Waals surface area contributed by atoms with Gasteiger partial charge in [0.25, 0.3) is 0 Å². The summed E-state index contributed by atoms with van der Waals surface area (Å²) in [6.07, 6.45) is 0. The fraction of sp³-hybridized carbons (Fsp3) is 0.481. The molecule has 174 valence electrons. The Morgan fingerprint density at radius 2 is 0.781 bits per heavy atom. The molecule has 1 aliphatic carbocycles. The van der Waals surface area contributed by atoms with Crippen molar-refractivity contribution in [1.82, 2.24) is 0 Å². The van der Waals surface area contributed by atoms with E-state index in [4.69, 9.17) is 0 Å². The summed E-state index contributed by atoms with van der Waals surface area (Å²) in [4.78, 5) is 0. The molecule has 0 saturated heterocycles. The van der Waals surface area contributed by atoms with Crippen LogP contribution in [0, 0.1) is 0 Å². The topological polar surface area (TPSA) is 0 Å². The van der Waals surface area contributed by atoms with Crippen LogP contribution in [0.4, 0.5) is 0 Å². The SMILES string of the molecule is C[Si](C)(C)C(=P(=C([Si](C)(C)C)[Si](C)(C)C)C1c2ccccc2-c2ccccc21)[Si](C)(C)C. The first-order valence-corrected chi connectivity index (χ1v) is 27.6.